The number of hydrogen-bond donors (Lipinski definition) is 0. The fraction of sp³-hybridized carbons (Fsp3) is 0.121. The topological polar surface area (TPSA) is 13.0 Å². The van der Waals surface area contributed by atoms with Gasteiger partial charge in [-0.15, -0.1) is 0 Å². The molecule has 0 fully saturated rings. The van der Waals surface area contributed by atoms with Gasteiger partial charge in [0.15, 0.2) is 0 Å². The number of nitrogens with zero attached hydrogens (tertiary/aromatic N) is 4. The van der Waals surface area contributed by atoms with Gasteiger partial charge >= 0.3 is 0 Å². The van der Waals surface area contributed by atoms with Gasteiger partial charge in [0.1, 0.15) is 0 Å². The van der Waals surface area contributed by atoms with E-state index in [0.717, 1.165) is 67.0 Å². The van der Waals surface area contributed by atoms with E-state index in [-0.39, 0.29) is 12.1 Å². The Labute approximate surface area is 412 Å². The lowest BCUT2D eigenvalue weighted by Gasteiger charge is -2.38. The molecule has 0 aliphatic heterocycles. The molecule has 8 aromatic rings. The smallest absolute Gasteiger partial charge is 0.0631 e. The first-order valence-electron chi connectivity index (χ1n) is 25.0. The highest BCUT2D eigenvalue weighted by atomic mass is 15.2. The predicted molar refractivity (Wildman–Crippen MR) is 297 cm³/mol. The van der Waals surface area contributed by atoms with Crippen LogP contribution in [0.4, 0.5) is 39.8 Å². The average Bonchev–Trinajstić information content (AvgIpc) is 3.43. The zero-order chi connectivity index (χ0) is 46.6. The minimum atomic E-state index is 0.0597. The molecule has 12 rings (SSSR count). The van der Waals surface area contributed by atoms with E-state index >= 15 is 0 Å². The third-order valence-electron chi connectivity index (χ3n) is 14.3. The Morgan fingerprint density at radius 1 is 0.343 bits per heavy atom. The highest BCUT2D eigenvalue weighted by molar-refractivity contribution is 5.99. The van der Waals surface area contributed by atoms with Gasteiger partial charge in [0, 0.05) is 56.3 Å². The van der Waals surface area contributed by atoms with Gasteiger partial charge in [0.25, 0.3) is 0 Å². The highest BCUT2D eigenvalue weighted by Gasteiger charge is 2.29. The lowest BCUT2D eigenvalue weighted by atomic mass is 9.90. The van der Waals surface area contributed by atoms with Crippen LogP contribution in [-0.4, -0.2) is 6.04 Å². The molecule has 4 heteroatoms. The van der Waals surface area contributed by atoms with E-state index < -0.39 is 0 Å². The van der Waals surface area contributed by atoms with Crippen LogP contribution in [0.5, 0.6) is 0 Å². The number of para-hydroxylation sites is 1. The number of allylic oxidation sites excluding steroid dienone is 7. The van der Waals surface area contributed by atoms with E-state index in [2.05, 4.69) is 274 Å². The second-order valence-electron chi connectivity index (χ2n) is 18.6. The van der Waals surface area contributed by atoms with Crippen LogP contribution in [0.25, 0.3) is 27.6 Å². The van der Waals surface area contributed by atoms with Crippen LogP contribution in [0.1, 0.15) is 55.7 Å². The van der Waals surface area contributed by atoms with Crippen molar-refractivity contribution in [3.63, 3.8) is 0 Å². The normalized spacial score (nSPS) is 17.1. The van der Waals surface area contributed by atoms with Crippen molar-refractivity contribution in [1.29, 1.82) is 0 Å². The molecule has 4 nitrogen and oxygen atoms in total. The zero-order valence-corrected chi connectivity index (χ0v) is 39.4. The van der Waals surface area contributed by atoms with Crippen molar-refractivity contribution in [3.8, 4) is 0 Å². The van der Waals surface area contributed by atoms with Gasteiger partial charge < -0.3 is 19.6 Å². The monoisotopic (exact) mass is 904 g/mol. The minimum absolute atomic E-state index is 0.0597. The third kappa shape index (κ3) is 8.36. The number of anilines is 7. The van der Waals surface area contributed by atoms with Gasteiger partial charge in [-0.1, -0.05) is 164 Å². The SMILES string of the molecule is C1=CC(N(C2=CCC(N(c3ccc(N(c4ccccc4)c4cccc5ccccc45)cc3)c3ccc(N(C4=CCCC=C4)C4CC=Cc5ccccc54)cc3)C=C2)c2cccc3ccccc23)=CCC1. The molecule has 0 amide bonds. The quantitative estimate of drug-likeness (QED) is 0.121. The first kappa shape index (κ1) is 43.0. The maximum absolute atomic E-state index is 2.57. The summed E-state index contributed by atoms with van der Waals surface area (Å²) in [7, 11) is 0. The van der Waals surface area contributed by atoms with Gasteiger partial charge in [-0.2, -0.15) is 0 Å². The Morgan fingerprint density at radius 2 is 0.871 bits per heavy atom. The summed E-state index contributed by atoms with van der Waals surface area (Å²) in [5.41, 5.74) is 14.4. The van der Waals surface area contributed by atoms with Crippen LogP contribution < -0.4 is 19.6 Å². The fourth-order valence-electron chi connectivity index (χ4n) is 11.0. The van der Waals surface area contributed by atoms with Crippen molar-refractivity contribution < 1.29 is 0 Å². The Balaban J connectivity index is 0.941. The molecule has 2 atom stereocenters. The van der Waals surface area contributed by atoms with Crippen molar-refractivity contribution in [2.24, 2.45) is 0 Å². The van der Waals surface area contributed by atoms with Crippen LogP contribution in [0.15, 0.2) is 266 Å². The molecule has 4 aliphatic carbocycles. The molecular formula is C66H56N4. The number of benzene rings is 8. The molecule has 0 aromatic heterocycles. The van der Waals surface area contributed by atoms with E-state index in [0.29, 0.717) is 0 Å². The van der Waals surface area contributed by atoms with Crippen molar-refractivity contribution >= 4 is 67.4 Å². The van der Waals surface area contributed by atoms with Crippen molar-refractivity contribution in [2.75, 3.05) is 19.6 Å². The summed E-state index contributed by atoms with van der Waals surface area (Å²) in [6.45, 7) is 0. The molecule has 0 saturated carbocycles. The van der Waals surface area contributed by atoms with Crippen LogP contribution in [0.2, 0.25) is 0 Å². The van der Waals surface area contributed by atoms with E-state index in [1.54, 1.807) is 0 Å². The summed E-state index contributed by atoms with van der Waals surface area (Å²) in [5, 5.41) is 4.92. The third-order valence-corrected chi connectivity index (χ3v) is 14.3. The van der Waals surface area contributed by atoms with Crippen LogP contribution in [0, 0.1) is 0 Å². The summed E-state index contributed by atoms with van der Waals surface area (Å²) in [5.74, 6) is 0. The lowest BCUT2D eigenvalue weighted by molar-refractivity contribution is 0.678. The molecule has 2 unspecified atom stereocenters. The molecule has 0 saturated heterocycles. The first-order valence-corrected chi connectivity index (χ1v) is 25.0. The van der Waals surface area contributed by atoms with E-state index in [1.165, 1.54) is 61.1 Å². The Kier molecular flexibility index (Phi) is 11.9. The summed E-state index contributed by atoms with van der Waals surface area (Å²) < 4.78 is 0. The molecular weight excluding hydrogens is 849 g/mol. The van der Waals surface area contributed by atoms with Crippen molar-refractivity contribution in [1.82, 2.24) is 0 Å². The Hall–Kier alpha value is -8.34. The lowest BCUT2D eigenvalue weighted by Crippen LogP contribution is -2.32. The molecule has 4 aliphatic rings. The van der Waals surface area contributed by atoms with Crippen molar-refractivity contribution in [2.45, 2.75) is 50.6 Å². The molecule has 0 radical (unpaired) electrons. The second-order valence-corrected chi connectivity index (χ2v) is 18.6. The molecule has 340 valence electrons. The standard InChI is InChI=1S/C66H56N4/c1-4-25-52(26-5-1)68(64-34-16-22-49-19-10-13-31-61(49)64)58-43-37-55(38-44-58)67(56-39-45-59(46-40-56)69(53-27-6-2-7-28-53)65-35-17-23-50-20-11-14-32-62(50)65)57-41-47-60(48-42-57)70(54-29-8-3-9-30-54)66-36-18-24-51-21-12-15-33-63(51)66/h1,4-6,8,10-35,37-39,41-48,56,66H,2-3,7,9,36,40H2. The molecule has 70 heavy (non-hydrogen) atoms. The molecule has 0 spiro atoms. The van der Waals surface area contributed by atoms with Gasteiger partial charge in [0.05, 0.1) is 23.5 Å². The first-order chi connectivity index (χ1) is 34.7. The number of hydrogen-bond acceptors (Lipinski definition) is 4. The van der Waals surface area contributed by atoms with Gasteiger partial charge in [-0.05, 0) is 151 Å². The average molecular weight is 905 g/mol. The fourth-order valence-corrected chi connectivity index (χ4v) is 11.0. The van der Waals surface area contributed by atoms with Crippen molar-refractivity contribution in [3.05, 3.63) is 277 Å². The van der Waals surface area contributed by atoms with E-state index in [1.807, 2.05) is 0 Å². The Morgan fingerprint density at radius 3 is 1.50 bits per heavy atom. The zero-order valence-electron chi connectivity index (χ0n) is 39.4. The molecule has 0 heterocycles. The largest absolute Gasteiger partial charge is 0.334 e. The maximum atomic E-state index is 2.57. The summed E-state index contributed by atoms with van der Waals surface area (Å²) in [6.07, 6.45) is 31.9. The highest BCUT2D eigenvalue weighted by Crippen LogP contribution is 2.44. The second kappa shape index (κ2) is 19.3. The number of rotatable bonds is 12. The van der Waals surface area contributed by atoms with Crippen LogP contribution in [0.3, 0.4) is 0 Å². The summed E-state index contributed by atoms with van der Waals surface area (Å²) in [6, 6.07) is 69.2. The van der Waals surface area contributed by atoms with Gasteiger partial charge in [-0.3, -0.25) is 0 Å². The predicted octanol–water partition coefficient (Wildman–Crippen LogP) is 17.8. The molecule has 8 aromatic carbocycles. The Bertz CT molecular complexity index is 3400. The molecule has 0 bridgehead atoms. The van der Waals surface area contributed by atoms with Gasteiger partial charge in [-0.25, -0.2) is 0 Å². The van der Waals surface area contributed by atoms with E-state index in [4.69, 9.17) is 0 Å². The molecule has 0 N–H and O–H groups in total. The van der Waals surface area contributed by atoms with Gasteiger partial charge in [0.2, 0.25) is 0 Å². The summed E-state index contributed by atoms with van der Waals surface area (Å²) in [4.78, 5) is 9.95. The van der Waals surface area contributed by atoms with Crippen LogP contribution >= 0.6 is 0 Å². The number of fused-ring (bicyclic) bond motifs is 3. The van der Waals surface area contributed by atoms with Crippen LogP contribution in [-0.2, 0) is 0 Å². The maximum Gasteiger partial charge on any atom is 0.0631 e. The summed E-state index contributed by atoms with van der Waals surface area (Å²) >= 11 is 0. The van der Waals surface area contributed by atoms with E-state index in [9.17, 15) is 0 Å². The minimum Gasteiger partial charge on any atom is -0.334 e.